The molecule has 4 rings (SSSR count). The van der Waals surface area contributed by atoms with Crippen molar-refractivity contribution in [1.82, 2.24) is 0 Å². The summed E-state index contributed by atoms with van der Waals surface area (Å²) in [5.41, 5.74) is -0.800. The largest absolute Gasteiger partial charge is 0.433 e. The van der Waals surface area contributed by atoms with Gasteiger partial charge < -0.3 is 4.74 Å². The van der Waals surface area contributed by atoms with Crippen LogP contribution < -0.4 is 0 Å². The molecule has 1 unspecified atom stereocenters. The molecule has 3 aromatic carbocycles. The van der Waals surface area contributed by atoms with Gasteiger partial charge >= 0.3 is 12.3 Å². The fourth-order valence-corrected chi connectivity index (χ4v) is 4.48. The standard InChI is InChI=1S/C30H24F8O/c1-3-4-18-5-7-19(8-6-18)20-9-11-23(24(31)14-20)21-15-25(32)28(26(33)16-21)30(37,38)39-27-12-10-22(13-17(27)2)29(34,35)36/h5-12,14-17H,3-4,13H2,1-2H3. The third-order valence-electron chi connectivity index (χ3n) is 6.51. The lowest BCUT2D eigenvalue weighted by molar-refractivity contribution is -0.232. The number of rotatable bonds is 7. The first-order chi connectivity index (χ1) is 18.3. The molecule has 1 nitrogen and oxygen atoms in total. The van der Waals surface area contributed by atoms with Crippen LogP contribution in [0, 0.1) is 23.4 Å². The van der Waals surface area contributed by atoms with Gasteiger partial charge in [-0.1, -0.05) is 62.7 Å². The first-order valence-electron chi connectivity index (χ1n) is 12.2. The van der Waals surface area contributed by atoms with E-state index >= 15 is 0 Å². The highest BCUT2D eigenvalue weighted by molar-refractivity contribution is 5.71. The maximum absolute atomic E-state index is 15.0. The Kier molecular flexibility index (Phi) is 7.91. The van der Waals surface area contributed by atoms with Crippen LogP contribution in [0.4, 0.5) is 35.1 Å². The summed E-state index contributed by atoms with van der Waals surface area (Å²) in [6.45, 7) is 3.28. The van der Waals surface area contributed by atoms with E-state index in [1.807, 2.05) is 24.3 Å². The molecule has 0 bridgehead atoms. The highest BCUT2D eigenvalue weighted by Gasteiger charge is 2.44. The minimum atomic E-state index is -4.64. The van der Waals surface area contributed by atoms with E-state index in [2.05, 4.69) is 11.7 Å². The van der Waals surface area contributed by atoms with Gasteiger partial charge in [-0.25, -0.2) is 13.2 Å². The van der Waals surface area contributed by atoms with E-state index in [0.29, 0.717) is 29.8 Å². The number of alkyl halides is 5. The second-order valence-electron chi connectivity index (χ2n) is 9.44. The van der Waals surface area contributed by atoms with E-state index in [1.165, 1.54) is 19.1 Å². The van der Waals surface area contributed by atoms with E-state index in [0.717, 1.165) is 24.0 Å². The van der Waals surface area contributed by atoms with Crippen LogP contribution in [-0.2, 0) is 17.3 Å². The van der Waals surface area contributed by atoms with Crippen molar-refractivity contribution in [2.75, 3.05) is 0 Å². The van der Waals surface area contributed by atoms with Gasteiger partial charge in [-0.2, -0.15) is 22.0 Å². The summed E-state index contributed by atoms with van der Waals surface area (Å²) in [4.78, 5) is 0. The van der Waals surface area contributed by atoms with Crippen molar-refractivity contribution in [2.45, 2.75) is 45.4 Å². The number of hydrogen-bond acceptors (Lipinski definition) is 1. The second-order valence-corrected chi connectivity index (χ2v) is 9.44. The molecule has 0 saturated heterocycles. The summed E-state index contributed by atoms with van der Waals surface area (Å²) in [5, 5.41) is 0. The molecular weight excluding hydrogens is 528 g/mol. The molecule has 0 aliphatic heterocycles. The van der Waals surface area contributed by atoms with Crippen LogP contribution in [-0.4, -0.2) is 6.18 Å². The van der Waals surface area contributed by atoms with Crippen LogP contribution in [0.3, 0.4) is 0 Å². The highest BCUT2D eigenvalue weighted by Crippen LogP contribution is 2.42. The van der Waals surface area contributed by atoms with Gasteiger partial charge in [0.15, 0.2) is 0 Å². The zero-order valence-corrected chi connectivity index (χ0v) is 21.0. The Balaban J connectivity index is 1.60. The first kappa shape index (κ1) is 28.4. The number of aryl methyl sites for hydroxylation is 1. The van der Waals surface area contributed by atoms with Crippen molar-refractivity contribution >= 4 is 0 Å². The fourth-order valence-electron chi connectivity index (χ4n) is 4.48. The lowest BCUT2D eigenvalue weighted by Crippen LogP contribution is -2.26. The molecule has 9 heteroatoms. The Labute approximate surface area is 220 Å². The third-order valence-corrected chi connectivity index (χ3v) is 6.51. The summed E-state index contributed by atoms with van der Waals surface area (Å²) >= 11 is 0. The molecule has 206 valence electrons. The molecule has 0 fully saturated rings. The van der Waals surface area contributed by atoms with Crippen LogP contribution in [0.5, 0.6) is 0 Å². The molecule has 0 heterocycles. The van der Waals surface area contributed by atoms with Crippen LogP contribution in [0.25, 0.3) is 22.3 Å². The quantitative estimate of drug-likeness (QED) is 0.265. The minimum absolute atomic E-state index is 0.205. The molecule has 0 amide bonds. The van der Waals surface area contributed by atoms with E-state index in [4.69, 9.17) is 0 Å². The summed E-state index contributed by atoms with van der Waals surface area (Å²) in [6.07, 6.45) is -6.63. The van der Waals surface area contributed by atoms with Crippen molar-refractivity contribution in [3.63, 3.8) is 0 Å². The van der Waals surface area contributed by atoms with E-state index in [-0.39, 0.29) is 11.1 Å². The Morgan fingerprint density at radius 1 is 0.769 bits per heavy atom. The zero-order valence-electron chi connectivity index (χ0n) is 21.0. The van der Waals surface area contributed by atoms with Crippen LogP contribution >= 0.6 is 0 Å². The number of ether oxygens (including phenoxy) is 1. The van der Waals surface area contributed by atoms with Crippen molar-refractivity contribution in [1.29, 1.82) is 0 Å². The van der Waals surface area contributed by atoms with Gasteiger partial charge in [0, 0.05) is 17.1 Å². The molecule has 0 spiro atoms. The minimum Gasteiger partial charge on any atom is -0.433 e. The normalized spacial score (nSPS) is 16.1. The molecule has 0 saturated carbocycles. The predicted molar refractivity (Wildman–Crippen MR) is 132 cm³/mol. The summed E-state index contributed by atoms with van der Waals surface area (Å²) < 4.78 is 118. The zero-order chi connectivity index (χ0) is 28.5. The molecule has 3 aromatic rings. The van der Waals surface area contributed by atoms with Gasteiger partial charge in [0.2, 0.25) is 0 Å². The second kappa shape index (κ2) is 10.9. The molecule has 0 radical (unpaired) electrons. The molecule has 1 aliphatic carbocycles. The predicted octanol–water partition coefficient (Wildman–Crippen LogP) is 9.87. The van der Waals surface area contributed by atoms with Gasteiger partial charge in [0.25, 0.3) is 0 Å². The molecule has 1 aliphatic rings. The molecular formula is C30H24F8O. The maximum atomic E-state index is 15.0. The van der Waals surface area contributed by atoms with E-state index in [1.54, 1.807) is 6.07 Å². The maximum Gasteiger partial charge on any atom is 0.432 e. The van der Waals surface area contributed by atoms with Gasteiger partial charge in [0.1, 0.15) is 28.8 Å². The lowest BCUT2D eigenvalue weighted by atomic mass is 9.93. The average molecular weight is 553 g/mol. The van der Waals surface area contributed by atoms with Gasteiger partial charge in [0.05, 0.1) is 0 Å². The molecule has 0 N–H and O–H groups in total. The van der Waals surface area contributed by atoms with Crippen LogP contribution in [0.1, 0.15) is 37.8 Å². The van der Waals surface area contributed by atoms with E-state index in [9.17, 15) is 35.1 Å². The Morgan fingerprint density at radius 2 is 1.36 bits per heavy atom. The number of halogens is 8. The summed E-state index contributed by atoms with van der Waals surface area (Å²) in [6, 6.07) is 12.7. The average Bonchev–Trinajstić information content (AvgIpc) is 2.84. The summed E-state index contributed by atoms with van der Waals surface area (Å²) in [7, 11) is 0. The van der Waals surface area contributed by atoms with Crippen LogP contribution in [0.15, 0.2) is 78.1 Å². The molecule has 0 aromatic heterocycles. The van der Waals surface area contributed by atoms with Gasteiger partial charge in [-0.3, -0.25) is 0 Å². The SMILES string of the molecule is CCCc1ccc(-c2ccc(-c3cc(F)c(C(F)(F)OC4=CC=C(C(F)(F)F)CC4C)c(F)c3)c(F)c2)cc1. The first-order valence-corrected chi connectivity index (χ1v) is 12.2. The number of allylic oxidation sites excluding steroid dienone is 4. The smallest absolute Gasteiger partial charge is 0.432 e. The fraction of sp³-hybridized carbons (Fsp3) is 0.267. The Bertz CT molecular complexity index is 1390. The van der Waals surface area contributed by atoms with E-state index < -0.39 is 59.0 Å². The Hall–Kier alpha value is -3.62. The van der Waals surface area contributed by atoms with Gasteiger partial charge in [-0.15, -0.1) is 0 Å². The van der Waals surface area contributed by atoms with Crippen molar-refractivity contribution in [3.8, 4) is 22.3 Å². The Morgan fingerprint density at radius 3 is 1.90 bits per heavy atom. The monoisotopic (exact) mass is 552 g/mol. The van der Waals surface area contributed by atoms with Crippen molar-refractivity contribution in [2.24, 2.45) is 5.92 Å². The number of hydrogen-bond donors (Lipinski definition) is 0. The topological polar surface area (TPSA) is 9.23 Å². The lowest BCUT2D eigenvalue weighted by Gasteiger charge is -2.27. The van der Waals surface area contributed by atoms with Crippen molar-refractivity contribution in [3.05, 3.63) is 107 Å². The van der Waals surface area contributed by atoms with Gasteiger partial charge in [-0.05, 0) is 59.4 Å². The molecule has 39 heavy (non-hydrogen) atoms. The van der Waals surface area contributed by atoms with Crippen LogP contribution in [0.2, 0.25) is 0 Å². The highest BCUT2D eigenvalue weighted by atomic mass is 19.4. The van der Waals surface area contributed by atoms with Crippen molar-refractivity contribution < 1.29 is 39.9 Å². The summed E-state index contributed by atoms with van der Waals surface area (Å²) in [5.74, 6) is -5.87. The number of benzene rings is 3. The molecule has 1 atom stereocenters. The third kappa shape index (κ3) is 6.18.